The number of nitrogens with zero attached hydrogens (tertiary/aromatic N) is 1. The van der Waals surface area contributed by atoms with Crippen LogP contribution in [0.4, 0.5) is 0 Å². The van der Waals surface area contributed by atoms with Gasteiger partial charge < -0.3 is 20.8 Å². The Bertz CT molecular complexity index is 907. The lowest BCUT2D eigenvalue weighted by atomic mass is 9.89. The quantitative estimate of drug-likeness (QED) is 0.239. The summed E-state index contributed by atoms with van der Waals surface area (Å²) in [6, 6.07) is 5.08. The van der Waals surface area contributed by atoms with Gasteiger partial charge in [-0.05, 0) is 75.1 Å². The van der Waals surface area contributed by atoms with Gasteiger partial charge in [0.1, 0.15) is 6.04 Å². The molecule has 1 amide bonds. The fourth-order valence-corrected chi connectivity index (χ4v) is 5.43. The Kier molecular flexibility index (Phi) is 10.1. The normalized spacial score (nSPS) is 23.0. The molecular formula is C26H36ClN3O5. The van der Waals surface area contributed by atoms with Crippen LogP contribution in [-0.4, -0.2) is 63.7 Å². The molecule has 5 N–H and O–H groups in total. The lowest BCUT2D eigenvalue weighted by Crippen LogP contribution is -2.55. The zero-order valence-electron chi connectivity index (χ0n) is 19.9. The van der Waals surface area contributed by atoms with E-state index in [-0.39, 0.29) is 24.3 Å². The van der Waals surface area contributed by atoms with E-state index in [9.17, 15) is 24.6 Å². The molecule has 0 bridgehead atoms. The first kappa shape index (κ1) is 27.2. The second kappa shape index (κ2) is 13.0. The van der Waals surface area contributed by atoms with Crippen molar-refractivity contribution in [2.45, 2.75) is 82.0 Å². The Hall–Kier alpha value is -2.42. The first-order valence-corrected chi connectivity index (χ1v) is 12.8. The third-order valence-electron chi connectivity index (χ3n) is 7.05. The zero-order chi connectivity index (χ0) is 25.4. The van der Waals surface area contributed by atoms with E-state index in [1.54, 1.807) is 17.0 Å². The summed E-state index contributed by atoms with van der Waals surface area (Å²) in [5.74, 6) is -1.94. The maximum Gasteiger partial charge on any atom is 0.320 e. The van der Waals surface area contributed by atoms with Crippen LogP contribution in [0.2, 0.25) is 5.02 Å². The highest BCUT2D eigenvalue weighted by molar-refractivity contribution is 6.30. The number of carbonyl (C=O) groups is 3. The van der Waals surface area contributed by atoms with Crippen molar-refractivity contribution >= 4 is 29.4 Å². The number of nitrogens with one attached hydrogen (secondary N) is 1. The van der Waals surface area contributed by atoms with E-state index in [0.29, 0.717) is 43.7 Å². The number of rotatable bonds is 13. The smallest absolute Gasteiger partial charge is 0.320 e. The molecule has 2 aliphatic rings. The molecule has 1 heterocycles. The molecule has 192 valence electrons. The Morgan fingerprint density at radius 1 is 1.11 bits per heavy atom. The largest absolute Gasteiger partial charge is 0.481 e. The molecule has 35 heavy (non-hydrogen) atoms. The Labute approximate surface area is 211 Å². The van der Waals surface area contributed by atoms with Gasteiger partial charge in [-0.1, -0.05) is 42.3 Å². The molecule has 0 spiro atoms. The molecule has 0 radical (unpaired) electrons. The van der Waals surface area contributed by atoms with Crippen molar-refractivity contribution in [3.05, 3.63) is 47.0 Å². The number of carboxylic acid groups (broad SMARTS) is 2. The average molecular weight is 506 g/mol. The maximum atomic E-state index is 13.9. The number of halogens is 1. The molecule has 1 aromatic carbocycles. The SMILES string of the molecule is NCCCC[C@H](N[C@@H](CCc1ccc(Cl)cc1)C(=O)O)C(=O)N1C(CC(=O)O)CC2CCC=C[C@H]21. The van der Waals surface area contributed by atoms with Gasteiger partial charge in [0.05, 0.1) is 18.5 Å². The van der Waals surface area contributed by atoms with Gasteiger partial charge in [0.2, 0.25) is 5.91 Å². The minimum atomic E-state index is -1.02. The molecule has 2 unspecified atom stereocenters. The van der Waals surface area contributed by atoms with Crippen LogP contribution in [-0.2, 0) is 20.8 Å². The topological polar surface area (TPSA) is 133 Å². The van der Waals surface area contributed by atoms with Crippen LogP contribution in [0.15, 0.2) is 36.4 Å². The fourth-order valence-electron chi connectivity index (χ4n) is 5.30. The molecule has 1 aromatic rings. The lowest BCUT2D eigenvalue weighted by Gasteiger charge is -2.35. The third kappa shape index (κ3) is 7.53. The first-order chi connectivity index (χ1) is 16.8. The van der Waals surface area contributed by atoms with Crippen molar-refractivity contribution in [3.8, 4) is 0 Å². The number of fused-ring (bicyclic) bond motifs is 1. The molecule has 1 fully saturated rings. The van der Waals surface area contributed by atoms with Gasteiger partial charge in [0.15, 0.2) is 0 Å². The van der Waals surface area contributed by atoms with Crippen LogP contribution in [0.1, 0.15) is 56.9 Å². The number of nitrogens with two attached hydrogens (primary N) is 1. The number of carboxylic acids is 2. The number of allylic oxidation sites excluding steroid dienone is 1. The maximum absolute atomic E-state index is 13.9. The summed E-state index contributed by atoms with van der Waals surface area (Å²) >= 11 is 5.94. The van der Waals surface area contributed by atoms with E-state index in [0.717, 1.165) is 24.8 Å². The summed E-state index contributed by atoms with van der Waals surface area (Å²) in [6.07, 6.45) is 9.11. The number of benzene rings is 1. The molecule has 3 rings (SSSR count). The van der Waals surface area contributed by atoms with Crippen molar-refractivity contribution in [2.75, 3.05) is 6.54 Å². The van der Waals surface area contributed by atoms with Crippen LogP contribution in [0.5, 0.6) is 0 Å². The Morgan fingerprint density at radius 3 is 2.51 bits per heavy atom. The zero-order valence-corrected chi connectivity index (χ0v) is 20.7. The monoisotopic (exact) mass is 505 g/mol. The van der Waals surface area contributed by atoms with Crippen LogP contribution in [0.25, 0.3) is 0 Å². The molecule has 1 aliphatic carbocycles. The molecular weight excluding hydrogens is 470 g/mol. The number of hydrogen-bond acceptors (Lipinski definition) is 5. The fraction of sp³-hybridized carbons (Fsp3) is 0.577. The van der Waals surface area contributed by atoms with Gasteiger partial charge in [0.25, 0.3) is 0 Å². The Morgan fingerprint density at radius 2 is 1.86 bits per heavy atom. The van der Waals surface area contributed by atoms with E-state index in [1.807, 2.05) is 24.3 Å². The number of hydrogen-bond donors (Lipinski definition) is 4. The lowest BCUT2D eigenvalue weighted by molar-refractivity contribution is -0.142. The highest BCUT2D eigenvalue weighted by Gasteiger charge is 2.45. The second-order valence-electron chi connectivity index (χ2n) is 9.55. The number of carbonyl (C=O) groups excluding carboxylic acids is 1. The van der Waals surface area contributed by atoms with Gasteiger partial charge in [-0.3, -0.25) is 19.7 Å². The predicted molar refractivity (Wildman–Crippen MR) is 134 cm³/mol. The van der Waals surface area contributed by atoms with Gasteiger partial charge >= 0.3 is 11.9 Å². The molecule has 1 aliphatic heterocycles. The predicted octanol–water partition coefficient (Wildman–Crippen LogP) is 3.22. The summed E-state index contributed by atoms with van der Waals surface area (Å²) in [6.45, 7) is 0.485. The van der Waals surface area contributed by atoms with E-state index in [2.05, 4.69) is 5.32 Å². The van der Waals surface area contributed by atoms with Crippen LogP contribution in [0, 0.1) is 5.92 Å². The summed E-state index contributed by atoms with van der Waals surface area (Å²) < 4.78 is 0. The standard InChI is InChI=1S/C26H36ClN3O5/c27-19-11-8-17(9-12-19)10-13-22(26(34)35)29-21(6-3-4-14-28)25(33)30-20(16-24(31)32)15-18-5-1-2-7-23(18)30/h2,7-9,11-12,18,20-23,29H,1,3-6,10,13-16,28H2,(H,31,32)(H,34,35)/t18?,20?,21-,22-,23+/m0/s1. The van der Waals surface area contributed by atoms with Gasteiger partial charge in [-0.25, -0.2) is 0 Å². The Balaban J connectivity index is 1.78. The third-order valence-corrected chi connectivity index (χ3v) is 7.31. The highest BCUT2D eigenvalue weighted by atomic mass is 35.5. The summed E-state index contributed by atoms with van der Waals surface area (Å²) in [7, 11) is 0. The van der Waals surface area contributed by atoms with Crippen molar-refractivity contribution < 1.29 is 24.6 Å². The molecule has 1 saturated heterocycles. The minimum absolute atomic E-state index is 0.110. The number of aryl methyl sites for hydroxylation is 1. The second-order valence-corrected chi connectivity index (χ2v) is 9.99. The molecule has 8 nitrogen and oxygen atoms in total. The van der Waals surface area contributed by atoms with Crippen LogP contribution in [0.3, 0.4) is 0 Å². The van der Waals surface area contributed by atoms with E-state index in [4.69, 9.17) is 17.3 Å². The molecule has 0 saturated carbocycles. The van der Waals surface area contributed by atoms with Gasteiger partial charge in [-0.2, -0.15) is 0 Å². The van der Waals surface area contributed by atoms with Crippen LogP contribution < -0.4 is 11.1 Å². The average Bonchev–Trinajstić information content (AvgIpc) is 3.18. The van der Waals surface area contributed by atoms with Crippen molar-refractivity contribution in [2.24, 2.45) is 11.7 Å². The summed E-state index contributed by atoms with van der Waals surface area (Å²) in [4.78, 5) is 39.2. The number of unbranched alkanes of at least 4 members (excludes halogenated alkanes) is 1. The van der Waals surface area contributed by atoms with Crippen molar-refractivity contribution in [3.63, 3.8) is 0 Å². The van der Waals surface area contributed by atoms with Gasteiger partial charge in [0, 0.05) is 11.1 Å². The van der Waals surface area contributed by atoms with Crippen molar-refractivity contribution in [1.29, 1.82) is 0 Å². The minimum Gasteiger partial charge on any atom is -0.481 e. The van der Waals surface area contributed by atoms with Crippen molar-refractivity contribution in [1.82, 2.24) is 10.2 Å². The van der Waals surface area contributed by atoms with Gasteiger partial charge in [-0.15, -0.1) is 0 Å². The number of likely N-dealkylation sites (tertiary alicyclic amines) is 1. The molecule has 5 atom stereocenters. The number of amides is 1. The highest BCUT2D eigenvalue weighted by Crippen LogP contribution is 2.38. The van der Waals surface area contributed by atoms with Crippen LogP contribution >= 0.6 is 11.6 Å². The van der Waals surface area contributed by atoms with E-state index >= 15 is 0 Å². The molecule has 9 heteroatoms. The summed E-state index contributed by atoms with van der Waals surface area (Å²) in [5.41, 5.74) is 6.62. The number of aliphatic carboxylic acids is 2. The van der Waals surface area contributed by atoms with E-state index in [1.165, 1.54) is 0 Å². The summed E-state index contributed by atoms with van der Waals surface area (Å²) in [5, 5.41) is 23.1. The first-order valence-electron chi connectivity index (χ1n) is 12.4. The van der Waals surface area contributed by atoms with E-state index < -0.39 is 30.1 Å². The molecule has 0 aromatic heterocycles.